The summed E-state index contributed by atoms with van der Waals surface area (Å²) in [5.74, 6) is 0. The summed E-state index contributed by atoms with van der Waals surface area (Å²) in [6.07, 6.45) is 17.8. The zero-order valence-electron chi connectivity index (χ0n) is 18.3. The standard InChI is InChI=1S/C22H44O4Si/c1-19(2)23-27(24-20(3)4,25-21-15-11-7-5-8-12-16-21)26-22-17-13-9-6-10-14-18-22/h19-22H,5-18H2,1-4H3. The summed E-state index contributed by atoms with van der Waals surface area (Å²) in [7, 11) is -3.17. The molecule has 2 aliphatic rings. The Bertz CT molecular complexity index is 337. The average molecular weight is 401 g/mol. The summed E-state index contributed by atoms with van der Waals surface area (Å²) < 4.78 is 26.1. The maximum absolute atomic E-state index is 6.68. The highest BCUT2D eigenvalue weighted by molar-refractivity contribution is 6.53. The molecule has 160 valence electrons. The molecule has 0 heterocycles. The van der Waals surface area contributed by atoms with Gasteiger partial charge in [-0.05, 0) is 53.4 Å². The van der Waals surface area contributed by atoms with Crippen LogP contribution in [0.4, 0.5) is 0 Å². The van der Waals surface area contributed by atoms with Crippen LogP contribution in [0.25, 0.3) is 0 Å². The summed E-state index contributed by atoms with van der Waals surface area (Å²) in [6.45, 7) is 8.26. The summed E-state index contributed by atoms with van der Waals surface area (Å²) in [6, 6.07) is 0. The van der Waals surface area contributed by atoms with E-state index in [1.807, 2.05) is 0 Å². The molecule has 0 aliphatic heterocycles. The van der Waals surface area contributed by atoms with Gasteiger partial charge in [0.1, 0.15) is 0 Å². The highest BCUT2D eigenvalue weighted by Gasteiger charge is 2.51. The second kappa shape index (κ2) is 12.6. The van der Waals surface area contributed by atoms with E-state index in [2.05, 4.69) is 27.7 Å². The van der Waals surface area contributed by atoms with Crippen molar-refractivity contribution in [3.05, 3.63) is 0 Å². The predicted molar refractivity (Wildman–Crippen MR) is 113 cm³/mol. The van der Waals surface area contributed by atoms with Crippen LogP contribution in [0.2, 0.25) is 0 Å². The van der Waals surface area contributed by atoms with Crippen molar-refractivity contribution in [3.8, 4) is 0 Å². The molecule has 0 aromatic carbocycles. The first-order valence-corrected chi connectivity index (χ1v) is 13.3. The van der Waals surface area contributed by atoms with E-state index < -0.39 is 9.05 Å². The molecule has 2 rings (SSSR count). The van der Waals surface area contributed by atoms with Crippen molar-refractivity contribution in [1.82, 2.24) is 0 Å². The lowest BCUT2D eigenvalue weighted by Crippen LogP contribution is -2.56. The van der Waals surface area contributed by atoms with Gasteiger partial charge in [-0.1, -0.05) is 64.2 Å². The van der Waals surface area contributed by atoms with Gasteiger partial charge in [0.15, 0.2) is 0 Å². The molecule has 0 radical (unpaired) electrons. The van der Waals surface area contributed by atoms with E-state index in [0.29, 0.717) is 0 Å². The van der Waals surface area contributed by atoms with Crippen LogP contribution in [-0.4, -0.2) is 33.5 Å². The Morgan fingerprint density at radius 3 is 1.11 bits per heavy atom. The van der Waals surface area contributed by atoms with Gasteiger partial charge in [-0.3, -0.25) is 0 Å². The molecule has 0 atom stereocenters. The first-order chi connectivity index (χ1) is 13.0. The van der Waals surface area contributed by atoms with E-state index in [4.69, 9.17) is 17.7 Å². The van der Waals surface area contributed by atoms with Crippen LogP contribution in [0.3, 0.4) is 0 Å². The summed E-state index contributed by atoms with van der Waals surface area (Å²) >= 11 is 0. The van der Waals surface area contributed by atoms with Crippen LogP contribution in [0.5, 0.6) is 0 Å². The number of hydrogen-bond acceptors (Lipinski definition) is 4. The minimum Gasteiger partial charge on any atom is -0.349 e. The van der Waals surface area contributed by atoms with E-state index in [9.17, 15) is 0 Å². The van der Waals surface area contributed by atoms with Gasteiger partial charge in [-0.2, -0.15) is 0 Å². The molecule has 0 aromatic rings. The van der Waals surface area contributed by atoms with Crippen molar-refractivity contribution >= 4 is 9.05 Å². The van der Waals surface area contributed by atoms with Crippen molar-refractivity contribution in [3.63, 3.8) is 0 Å². The van der Waals surface area contributed by atoms with E-state index in [1.54, 1.807) is 0 Å². The highest BCUT2D eigenvalue weighted by Crippen LogP contribution is 2.30. The van der Waals surface area contributed by atoms with Crippen LogP contribution in [0.15, 0.2) is 0 Å². The van der Waals surface area contributed by atoms with E-state index in [-0.39, 0.29) is 24.4 Å². The normalized spacial score (nSPS) is 22.4. The van der Waals surface area contributed by atoms with Crippen molar-refractivity contribution in [1.29, 1.82) is 0 Å². The topological polar surface area (TPSA) is 36.9 Å². The Morgan fingerprint density at radius 2 is 0.815 bits per heavy atom. The Balaban J connectivity index is 2.12. The van der Waals surface area contributed by atoms with Crippen molar-refractivity contribution in [2.24, 2.45) is 0 Å². The van der Waals surface area contributed by atoms with E-state index in [1.165, 1.54) is 64.2 Å². The first-order valence-electron chi connectivity index (χ1n) is 11.7. The monoisotopic (exact) mass is 400 g/mol. The molecule has 0 unspecified atom stereocenters. The second-order valence-corrected chi connectivity index (χ2v) is 10.9. The van der Waals surface area contributed by atoms with Crippen LogP contribution >= 0.6 is 0 Å². The molecule has 5 heteroatoms. The molecular weight excluding hydrogens is 356 g/mol. The van der Waals surface area contributed by atoms with Gasteiger partial charge in [-0.25, -0.2) is 0 Å². The van der Waals surface area contributed by atoms with Gasteiger partial charge in [-0.15, -0.1) is 0 Å². The second-order valence-electron chi connectivity index (χ2n) is 9.00. The van der Waals surface area contributed by atoms with Crippen LogP contribution in [0, 0.1) is 0 Å². The van der Waals surface area contributed by atoms with Crippen LogP contribution < -0.4 is 0 Å². The van der Waals surface area contributed by atoms with Gasteiger partial charge in [0.2, 0.25) is 0 Å². The minimum absolute atomic E-state index is 0.0394. The fourth-order valence-electron chi connectivity index (χ4n) is 4.23. The first kappa shape index (κ1) is 23.3. The molecule has 2 fully saturated rings. The molecule has 0 spiro atoms. The molecule has 4 nitrogen and oxygen atoms in total. The quantitative estimate of drug-likeness (QED) is 0.434. The maximum Gasteiger partial charge on any atom is 0.680 e. The average Bonchev–Trinajstić information content (AvgIpc) is 2.51. The Labute approximate surface area is 169 Å². The Kier molecular flexibility index (Phi) is 10.9. The molecule has 2 aliphatic carbocycles. The van der Waals surface area contributed by atoms with Gasteiger partial charge >= 0.3 is 9.05 Å². The smallest absolute Gasteiger partial charge is 0.349 e. The summed E-state index contributed by atoms with van der Waals surface area (Å²) in [4.78, 5) is 0. The molecule has 0 N–H and O–H groups in total. The third kappa shape index (κ3) is 9.40. The van der Waals surface area contributed by atoms with E-state index in [0.717, 1.165) is 25.7 Å². The van der Waals surface area contributed by atoms with Crippen LogP contribution in [-0.2, 0) is 17.7 Å². The fraction of sp³-hybridized carbons (Fsp3) is 1.00. The highest BCUT2D eigenvalue weighted by atomic mass is 28.4. The number of rotatable bonds is 8. The Morgan fingerprint density at radius 1 is 0.519 bits per heavy atom. The predicted octanol–water partition coefficient (Wildman–Crippen LogP) is 6.53. The molecule has 0 saturated heterocycles. The Hall–Kier alpha value is 0.0569. The summed E-state index contributed by atoms with van der Waals surface area (Å²) in [5.41, 5.74) is 0. The molecular formula is C22H44O4Si. The molecule has 0 bridgehead atoms. The van der Waals surface area contributed by atoms with Gasteiger partial charge in [0, 0.05) is 12.2 Å². The third-order valence-corrected chi connectivity index (χ3v) is 8.25. The molecule has 0 aromatic heterocycles. The third-order valence-electron chi connectivity index (χ3n) is 5.49. The fourth-order valence-corrected chi connectivity index (χ4v) is 7.00. The van der Waals surface area contributed by atoms with Crippen molar-refractivity contribution < 1.29 is 17.7 Å². The lowest BCUT2D eigenvalue weighted by molar-refractivity contribution is -0.102. The lowest BCUT2D eigenvalue weighted by atomic mass is 9.99. The summed E-state index contributed by atoms with van der Waals surface area (Å²) in [5, 5.41) is 0. The molecule has 0 amide bonds. The zero-order valence-corrected chi connectivity index (χ0v) is 19.3. The molecule has 27 heavy (non-hydrogen) atoms. The van der Waals surface area contributed by atoms with E-state index >= 15 is 0 Å². The minimum atomic E-state index is -3.17. The molecule has 2 saturated carbocycles. The largest absolute Gasteiger partial charge is 0.680 e. The van der Waals surface area contributed by atoms with Gasteiger partial charge in [0.25, 0.3) is 0 Å². The van der Waals surface area contributed by atoms with Crippen LogP contribution in [0.1, 0.15) is 118 Å². The number of hydrogen-bond donors (Lipinski definition) is 0. The van der Waals surface area contributed by atoms with Crippen molar-refractivity contribution in [2.75, 3.05) is 0 Å². The zero-order chi connectivity index (χ0) is 19.5. The lowest BCUT2D eigenvalue weighted by Gasteiger charge is -2.37. The van der Waals surface area contributed by atoms with Gasteiger partial charge < -0.3 is 17.7 Å². The van der Waals surface area contributed by atoms with Crippen molar-refractivity contribution in [2.45, 2.75) is 142 Å². The van der Waals surface area contributed by atoms with Gasteiger partial charge in [0.05, 0.1) is 12.2 Å². The SMILES string of the molecule is CC(C)O[Si](OC(C)C)(OC1CCCCCCC1)OC1CCCCCCC1. The maximum atomic E-state index is 6.68.